The summed E-state index contributed by atoms with van der Waals surface area (Å²) >= 11 is 0. The fraction of sp³-hybridized carbons (Fsp3) is 0.357. The molecule has 9 nitrogen and oxygen atoms in total. The summed E-state index contributed by atoms with van der Waals surface area (Å²) in [6, 6.07) is 1.23. The van der Waals surface area contributed by atoms with Crippen LogP contribution in [0.4, 0.5) is 5.82 Å². The quantitative estimate of drug-likeness (QED) is 0.502. The molecule has 3 rings (SSSR count). The van der Waals surface area contributed by atoms with Crippen LogP contribution in [0.1, 0.15) is 6.23 Å². The number of nitrogens with zero attached hydrogens (tertiary/aromatic N) is 3. The van der Waals surface area contributed by atoms with Crippen LogP contribution < -0.4 is 11.2 Å². The third-order valence-corrected chi connectivity index (χ3v) is 4.06. The van der Waals surface area contributed by atoms with Crippen molar-refractivity contribution in [3.63, 3.8) is 0 Å². The van der Waals surface area contributed by atoms with Crippen molar-refractivity contribution in [3.8, 4) is 0 Å². The Labute approximate surface area is 130 Å². The lowest BCUT2D eigenvalue weighted by molar-refractivity contribution is -0.0969. The molecular formula is C14H16N4O5. The van der Waals surface area contributed by atoms with E-state index in [1.807, 2.05) is 0 Å². The van der Waals surface area contributed by atoms with E-state index in [2.05, 4.69) is 16.5 Å². The van der Waals surface area contributed by atoms with E-state index >= 15 is 0 Å². The first-order valence-electron chi connectivity index (χ1n) is 6.85. The van der Waals surface area contributed by atoms with E-state index in [4.69, 9.17) is 10.5 Å². The second-order valence-corrected chi connectivity index (χ2v) is 5.31. The van der Waals surface area contributed by atoms with Crippen molar-refractivity contribution in [3.05, 3.63) is 41.5 Å². The molecule has 1 saturated heterocycles. The van der Waals surface area contributed by atoms with Crippen LogP contribution in [0, 0.1) is 0 Å². The maximum Gasteiger partial charge on any atom is 0.194 e. The fourth-order valence-corrected chi connectivity index (χ4v) is 2.72. The van der Waals surface area contributed by atoms with Crippen LogP contribution in [-0.4, -0.2) is 54.3 Å². The van der Waals surface area contributed by atoms with Gasteiger partial charge in [-0.3, -0.25) is 4.79 Å². The van der Waals surface area contributed by atoms with Crippen LogP contribution >= 0.6 is 0 Å². The Balaban J connectivity index is 2.19. The van der Waals surface area contributed by atoms with Crippen LogP contribution in [0.5, 0.6) is 0 Å². The highest BCUT2D eigenvalue weighted by Gasteiger charge is 2.53. The topological polar surface area (TPSA) is 144 Å². The van der Waals surface area contributed by atoms with Gasteiger partial charge in [0.2, 0.25) is 0 Å². The van der Waals surface area contributed by atoms with Crippen molar-refractivity contribution in [2.75, 3.05) is 12.3 Å². The highest BCUT2D eigenvalue weighted by molar-refractivity contribution is 5.84. The lowest BCUT2D eigenvalue weighted by Crippen LogP contribution is -2.44. The molecule has 2 aromatic rings. The van der Waals surface area contributed by atoms with E-state index in [0.717, 1.165) is 0 Å². The summed E-state index contributed by atoms with van der Waals surface area (Å²) in [5.74, 6) is -0.000438. The Bertz CT molecular complexity index is 822. The standard InChI is InChI=1S/C14H16N4O5/c1-2-14(5-19)10(22)9(21)13(23-14)18-4-3-7(20)8-11(15)16-6-17-12(8)18/h2-4,6,9-10,13,19,21-22H,1,5H2,(H2,15,16,17)/t9-,10+,13-,14-/m1/s1. The number of ether oxygens (including phenoxy) is 1. The number of nitrogens with two attached hydrogens (primary N) is 1. The minimum atomic E-state index is -1.52. The Kier molecular flexibility index (Phi) is 3.65. The number of hydrogen-bond donors (Lipinski definition) is 4. The molecule has 2 aromatic heterocycles. The van der Waals surface area contributed by atoms with Gasteiger partial charge >= 0.3 is 0 Å². The minimum Gasteiger partial charge on any atom is -0.393 e. The van der Waals surface area contributed by atoms with Crippen molar-refractivity contribution in [2.45, 2.75) is 24.0 Å². The molecule has 0 amide bonds. The molecule has 0 saturated carbocycles. The molecule has 122 valence electrons. The summed E-state index contributed by atoms with van der Waals surface area (Å²) in [7, 11) is 0. The molecule has 0 aromatic carbocycles. The maximum absolute atomic E-state index is 12.0. The van der Waals surface area contributed by atoms with Crippen molar-refractivity contribution in [2.24, 2.45) is 0 Å². The van der Waals surface area contributed by atoms with Gasteiger partial charge in [-0.05, 0) is 0 Å². The van der Waals surface area contributed by atoms with E-state index in [-0.39, 0.29) is 22.3 Å². The van der Waals surface area contributed by atoms with Gasteiger partial charge in [-0.1, -0.05) is 6.08 Å². The number of nitrogen functional groups attached to an aromatic ring is 1. The summed E-state index contributed by atoms with van der Waals surface area (Å²) in [5.41, 5.74) is 3.98. The van der Waals surface area contributed by atoms with Crippen LogP contribution in [0.3, 0.4) is 0 Å². The molecule has 5 N–H and O–H groups in total. The number of fused-ring (bicyclic) bond motifs is 1. The number of rotatable bonds is 3. The molecule has 23 heavy (non-hydrogen) atoms. The first kappa shape index (κ1) is 15.6. The van der Waals surface area contributed by atoms with Crippen molar-refractivity contribution >= 4 is 16.9 Å². The maximum atomic E-state index is 12.0. The van der Waals surface area contributed by atoms with E-state index in [1.165, 1.54) is 29.2 Å². The molecule has 1 aliphatic rings. The van der Waals surface area contributed by atoms with Gasteiger partial charge < -0.3 is 30.4 Å². The van der Waals surface area contributed by atoms with Gasteiger partial charge in [0, 0.05) is 12.3 Å². The van der Waals surface area contributed by atoms with Crippen molar-refractivity contribution in [1.82, 2.24) is 14.5 Å². The monoisotopic (exact) mass is 320 g/mol. The normalized spacial score (nSPS) is 30.7. The zero-order valence-corrected chi connectivity index (χ0v) is 12.0. The van der Waals surface area contributed by atoms with Gasteiger partial charge in [0.05, 0.1) is 6.61 Å². The predicted molar refractivity (Wildman–Crippen MR) is 80.4 cm³/mol. The Morgan fingerprint density at radius 3 is 2.83 bits per heavy atom. The lowest BCUT2D eigenvalue weighted by atomic mass is 9.96. The molecule has 1 fully saturated rings. The molecule has 1 aliphatic heterocycles. The first-order valence-corrected chi connectivity index (χ1v) is 6.85. The second kappa shape index (κ2) is 5.39. The Morgan fingerprint density at radius 1 is 1.48 bits per heavy atom. The van der Waals surface area contributed by atoms with Gasteiger partial charge in [0.15, 0.2) is 17.3 Å². The zero-order chi connectivity index (χ0) is 16.8. The van der Waals surface area contributed by atoms with Gasteiger partial charge in [-0.25, -0.2) is 9.97 Å². The number of pyridine rings is 1. The molecule has 9 heteroatoms. The first-order chi connectivity index (χ1) is 10.9. The van der Waals surface area contributed by atoms with E-state index in [1.54, 1.807) is 0 Å². The molecule has 0 aliphatic carbocycles. The fourth-order valence-electron chi connectivity index (χ4n) is 2.72. The van der Waals surface area contributed by atoms with Crippen LogP contribution in [0.2, 0.25) is 0 Å². The molecule has 0 spiro atoms. The Morgan fingerprint density at radius 2 is 2.22 bits per heavy atom. The van der Waals surface area contributed by atoms with Crippen LogP contribution in [0.25, 0.3) is 11.0 Å². The largest absolute Gasteiger partial charge is 0.393 e. The van der Waals surface area contributed by atoms with Gasteiger partial charge in [0.25, 0.3) is 0 Å². The summed E-state index contributed by atoms with van der Waals surface area (Å²) in [6.07, 6.45) is -0.0836. The van der Waals surface area contributed by atoms with Gasteiger partial charge in [0.1, 0.15) is 35.3 Å². The summed E-state index contributed by atoms with van der Waals surface area (Å²) < 4.78 is 7.00. The van der Waals surface area contributed by atoms with Crippen LogP contribution in [-0.2, 0) is 4.74 Å². The number of anilines is 1. The third-order valence-electron chi connectivity index (χ3n) is 4.06. The van der Waals surface area contributed by atoms with E-state index in [9.17, 15) is 20.1 Å². The average Bonchev–Trinajstić information content (AvgIpc) is 2.81. The predicted octanol–water partition coefficient (Wildman–Crippen LogP) is -1.46. The number of aromatic nitrogens is 3. The van der Waals surface area contributed by atoms with Gasteiger partial charge in [-0.2, -0.15) is 0 Å². The molecule has 3 heterocycles. The number of hydrogen-bond acceptors (Lipinski definition) is 8. The molecule has 0 radical (unpaired) electrons. The summed E-state index contributed by atoms with van der Waals surface area (Å²) in [5, 5.41) is 30.1. The van der Waals surface area contributed by atoms with Gasteiger partial charge in [-0.15, -0.1) is 6.58 Å². The highest BCUT2D eigenvalue weighted by Crippen LogP contribution is 2.38. The summed E-state index contributed by atoms with van der Waals surface area (Å²) in [6.45, 7) is 2.96. The zero-order valence-electron chi connectivity index (χ0n) is 12.0. The summed E-state index contributed by atoms with van der Waals surface area (Å²) in [4.78, 5) is 19.8. The molecule has 0 bridgehead atoms. The Hall–Kier alpha value is -2.33. The second-order valence-electron chi connectivity index (χ2n) is 5.31. The van der Waals surface area contributed by atoms with Crippen molar-refractivity contribution < 1.29 is 20.1 Å². The number of aliphatic hydroxyl groups is 3. The minimum absolute atomic E-state index is 0.000438. The molecule has 4 atom stereocenters. The van der Waals surface area contributed by atoms with Crippen molar-refractivity contribution in [1.29, 1.82) is 0 Å². The van der Waals surface area contributed by atoms with Crippen LogP contribution in [0.15, 0.2) is 36.0 Å². The number of aliphatic hydroxyl groups excluding tert-OH is 3. The van der Waals surface area contributed by atoms with E-state index in [0.29, 0.717) is 0 Å². The molecular weight excluding hydrogens is 304 g/mol. The highest BCUT2D eigenvalue weighted by atomic mass is 16.6. The molecule has 0 unspecified atom stereocenters. The lowest BCUT2D eigenvalue weighted by Gasteiger charge is -2.26. The third kappa shape index (κ3) is 2.13. The average molecular weight is 320 g/mol. The smallest absolute Gasteiger partial charge is 0.194 e. The van der Waals surface area contributed by atoms with E-state index < -0.39 is 30.6 Å². The SMILES string of the molecule is C=C[C@]1(CO)O[C@@H](n2ccc(=O)c3c(N)ncnc32)[C@H](O)[C@@H]1O.